The van der Waals surface area contributed by atoms with Crippen LogP contribution in [-0.4, -0.2) is 39.3 Å². The average Bonchev–Trinajstić information content (AvgIpc) is 2.42. The first-order valence-electron chi connectivity index (χ1n) is 7.10. The third-order valence-electron chi connectivity index (χ3n) is 3.93. The van der Waals surface area contributed by atoms with Gasteiger partial charge in [-0.25, -0.2) is 4.39 Å². The Morgan fingerprint density at radius 1 is 1.16 bits per heavy atom. The number of quaternary nitrogens is 3. The van der Waals surface area contributed by atoms with Crippen molar-refractivity contribution in [3.8, 4) is 0 Å². The Balaban J connectivity index is 1.85. The lowest BCUT2D eigenvalue weighted by atomic mass is 10.2. The summed E-state index contributed by atoms with van der Waals surface area (Å²) in [7, 11) is 0. The molecular weight excluding hydrogens is 265 g/mol. The van der Waals surface area contributed by atoms with Crippen molar-refractivity contribution in [2.75, 3.05) is 39.3 Å². The molecule has 0 bridgehead atoms. The molecule has 5 heteroatoms. The van der Waals surface area contributed by atoms with E-state index in [9.17, 15) is 4.39 Å². The van der Waals surface area contributed by atoms with Crippen molar-refractivity contribution in [2.45, 2.75) is 13.0 Å². The molecule has 0 aromatic heterocycles. The number of piperazine rings is 1. The summed E-state index contributed by atoms with van der Waals surface area (Å²) in [4.78, 5) is 3.09. The van der Waals surface area contributed by atoms with Gasteiger partial charge in [-0.1, -0.05) is 17.7 Å². The van der Waals surface area contributed by atoms with Crippen molar-refractivity contribution >= 4 is 11.6 Å². The molecule has 0 atom stereocenters. The number of hydrogen-bond acceptors (Lipinski definition) is 0. The molecule has 1 aliphatic heterocycles. The number of halogens is 2. The Labute approximate surface area is 119 Å². The normalized spacial score (nSPS) is 23.5. The molecule has 2 rings (SSSR count). The summed E-state index contributed by atoms with van der Waals surface area (Å²) in [5.41, 5.74) is 4.55. The Hall–Kier alpha value is -0.680. The van der Waals surface area contributed by atoms with Crippen LogP contribution < -0.4 is 15.5 Å². The molecule has 5 N–H and O–H groups in total. The molecule has 0 radical (unpaired) electrons. The number of rotatable bonds is 5. The van der Waals surface area contributed by atoms with Crippen LogP contribution in [0.15, 0.2) is 18.2 Å². The molecule has 0 spiro atoms. The maximum atomic E-state index is 13.7. The van der Waals surface area contributed by atoms with Crippen molar-refractivity contribution in [3.05, 3.63) is 34.6 Å². The van der Waals surface area contributed by atoms with E-state index in [0.29, 0.717) is 17.1 Å². The van der Waals surface area contributed by atoms with E-state index in [-0.39, 0.29) is 5.82 Å². The maximum absolute atomic E-state index is 13.7. The van der Waals surface area contributed by atoms with E-state index >= 15 is 0 Å². The fourth-order valence-electron chi connectivity index (χ4n) is 2.71. The Bertz CT molecular complexity index is 385. The lowest BCUT2D eigenvalue weighted by Gasteiger charge is -2.29. The summed E-state index contributed by atoms with van der Waals surface area (Å²) in [6.07, 6.45) is 1.20. The second-order valence-corrected chi connectivity index (χ2v) is 5.74. The number of benzene rings is 1. The van der Waals surface area contributed by atoms with Gasteiger partial charge in [-0.3, -0.25) is 0 Å². The molecule has 0 unspecified atom stereocenters. The van der Waals surface area contributed by atoms with E-state index in [0.717, 1.165) is 19.6 Å². The Morgan fingerprint density at radius 3 is 2.47 bits per heavy atom. The molecule has 1 aliphatic rings. The van der Waals surface area contributed by atoms with Crippen LogP contribution in [-0.2, 0) is 6.54 Å². The van der Waals surface area contributed by atoms with Crippen molar-refractivity contribution in [1.29, 1.82) is 0 Å². The summed E-state index contributed by atoms with van der Waals surface area (Å²) in [5, 5.41) is 0.555. The molecule has 1 aromatic carbocycles. The lowest BCUT2D eigenvalue weighted by molar-refractivity contribution is -1.02. The zero-order chi connectivity index (χ0) is 13.7. The predicted octanol–water partition coefficient (Wildman–Crippen LogP) is -1.61. The monoisotopic (exact) mass is 288 g/mol. The fraction of sp³-hybridized carbons (Fsp3) is 0.571. The van der Waals surface area contributed by atoms with Gasteiger partial charge in [-0.05, 0) is 12.1 Å². The minimum Gasteiger partial charge on any atom is -0.357 e. The van der Waals surface area contributed by atoms with Crippen molar-refractivity contribution in [3.63, 3.8) is 0 Å². The van der Waals surface area contributed by atoms with Crippen molar-refractivity contribution < 1.29 is 19.9 Å². The second kappa shape index (κ2) is 7.20. The van der Waals surface area contributed by atoms with Gasteiger partial charge in [0.15, 0.2) is 0 Å². The first-order chi connectivity index (χ1) is 9.20. The molecule has 19 heavy (non-hydrogen) atoms. The van der Waals surface area contributed by atoms with Crippen LogP contribution in [0.5, 0.6) is 0 Å². The van der Waals surface area contributed by atoms with Crippen LogP contribution >= 0.6 is 11.6 Å². The second-order valence-electron chi connectivity index (χ2n) is 5.33. The molecule has 0 saturated carbocycles. The van der Waals surface area contributed by atoms with Crippen LogP contribution in [0.4, 0.5) is 4.39 Å². The van der Waals surface area contributed by atoms with Crippen molar-refractivity contribution in [1.82, 2.24) is 0 Å². The van der Waals surface area contributed by atoms with E-state index in [1.54, 1.807) is 17.0 Å². The standard InChI is InChI=1S/C14H21ClFN3/c15-13-3-1-4-14(16)12(13)11-19-9-7-18(8-10-19)6-2-5-17/h1,3-4H,2,5-11,17H2/p+3. The molecule has 106 valence electrons. The van der Waals surface area contributed by atoms with Crippen molar-refractivity contribution in [2.24, 2.45) is 0 Å². The topological polar surface area (TPSA) is 36.5 Å². The van der Waals surface area contributed by atoms with Crippen LogP contribution in [0, 0.1) is 5.82 Å². The third kappa shape index (κ3) is 4.14. The summed E-state index contributed by atoms with van der Waals surface area (Å²) < 4.78 is 13.7. The first kappa shape index (κ1) is 14.7. The SMILES string of the molecule is [NH3+]CCC[NH+]1CC[NH+](Cc2c(F)cccc2Cl)CC1. The molecular formula is C14H24ClFN3+3. The molecule has 0 aliphatic carbocycles. The first-order valence-corrected chi connectivity index (χ1v) is 7.47. The quantitative estimate of drug-likeness (QED) is 0.584. The highest BCUT2D eigenvalue weighted by Gasteiger charge is 2.24. The lowest BCUT2D eigenvalue weighted by Crippen LogP contribution is -3.27. The summed E-state index contributed by atoms with van der Waals surface area (Å²) in [5.74, 6) is -0.174. The van der Waals surface area contributed by atoms with Gasteiger partial charge in [0.25, 0.3) is 0 Å². The van der Waals surface area contributed by atoms with Crippen LogP contribution in [0.25, 0.3) is 0 Å². The van der Waals surface area contributed by atoms with Gasteiger partial charge in [0.05, 0.1) is 23.7 Å². The number of nitrogens with one attached hydrogen (secondary N) is 2. The molecule has 1 heterocycles. The van der Waals surface area contributed by atoms with Crippen LogP contribution in [0.2, 0.25) is 5.02 Å². The van der Waals surface area contributed by atoms with E-state index < -0.39 is 0 Å². The zero-order valence-electron chi connectivity index (χ0n) is 11.4. The smallest absolute Gasteiger partial charge is 0.133 e. The Morgan fingerprint density at radius 2 is 1.84 bits per heavy atom. The summed E-state index contributed by atoms with van der Waals surface area (Å²) in [6, 6.07) is 4.93. The predicted molar refractivity (Wildman–Crippen MR) is 73.7 cm³/mol. The minimum absolute atomic E-state index is 0.174. The molecule has 1 aromatic rings. The van der Waals surface area contributed by atoms with Gasteiger partial charge in [-0.2, -0.15) is 0 Å². The van der Waals surface area contributed by atoms with Gasteiger partial charge >= 0.3 is 0 Å². The molecule has 1 fully saturated rings. The molecule has 1 saturated heterocycles. The van der Waals surface area contributed by atoms with E-state index in [2.05, 4.69) is 5.73 Å². The van der Waals surface area contributed by atoms with E-state index in [4.69, 9.17) is 11.6 Å². The highest BCUT2D eigenvalue weighted by Crippen LogP contribution is 2.17. The van der Waals surface area contributed by atoms with E-state index in [1.807, 2.05) is 0 Å². The van der Waals surface area contributed by atoms with Gasteiger partial charge < -0.3 is 15.5 Å². The highest BCUT2D eigenvalue weighted by atomic mass is 35.5. The molecule has 0 amide bonds. The third-order valence-corrected chi connectivity index (χ3v) is 4.29. The minimum atomic E-state index is -0.174. The van der Waals surface area contributed by atoms with Crippen LogP contribution in [0.3, 0.4) is 0 Å². The van der Waals surface area contributed by atoms with Gasteiger partial charge in [0.2, 0.25) is 0 Å². The van der Waals surface area contributed by atoms with Crippen LogP contribution in [0.1, 0.15) is 12.0 Å². The van der Waals surface area contributed by atoms with Gasteiger partial charge in [0.1, 0.15) is 38.5 Å². The summed E-state index contributed by atoms with van der Waals surface area (Å²) >= 11 is 6.08. The average molecular weight is 289 g/mol. The van der Waals surface area contributed by atoms with E-state index in [1.165, 1.54) is 37.0 Å². The molecule has 3 nitrogen and oxygen atoms in total. The largest absolute Gasteiger partial charge is 0.357 e. The summed E-state index contributed by atoms with van der Waals surface area (Å²) in [6.45, 7) is 7.47. The van der Waals surface area contributed by atoms with Gasteiger partial charge in [-0.15, -0.1) is 0 Å². The Kier molecular flexibility index (Phi) is 5.58. The highest BCUT2D eigenvalue weighted by molar-refractivity contribution is 6.31. The van der Waals surface area contributed by atoms with Gasteiger partial charge in [0, 0.05) is 6.42 Å². The fourth-order valence-corrected chi connectivity index (χ4v) is 2.94. The maximum Gasteiger partial charge on any atom is 0.133 e. The number of hydrogen-bond donors (Lipinski definition) is 3. The zero-order valence-corrected chi connectivity index (χ0v) is 12.1.